The molecule has 160 valence electrons. The van der Waals surface area contributed by atoms with E-state index < -0.39 is 0 Å². The molecule has 4 saturated carbocycles. The number of amides is 2. The average Bonchev–Trinajstić information content (AvgIpc) is 3.24. The number of pyridine rings is 1. The van der Waals surface area contributed by atoms with Gasteiger partial charge in [-0.25, -0.2) is 4.98 Å². The maximum atomic E-state index is 13.0. The van der Waals surface area contributed by atoms with Gasteiger partial charge in [0.25, 0.3) is 5.91 Å². The van der Waals surface area contributed by atoms with E-state index in [1.54, 1.807) is 0 Å². The molecule has 2 heterocycles. The van der Waals surface area contributed by atoms with E-state index in [0.29, 0.717) is 36.0 Å². The van der Waals surface area contributed by atoms with E-state index in [-0.39, 0.29) is 11.8 Å². The van der Waals surface area contributed by atoms with Gasteiger partial charge in [-0.2, -0.15) is 0 Å². The summed E-state index contributed by atoms with van der Waals surface area (Å²) in [5.74, 6) is 3.94. The lowest BCUT2D eigenvalue weighted by molar-refractivity contribution is -0.182. The van der Waals surface area contributed by atoms with Gasteiger partial charge in [-0.05, 0) is 66.9 Å². The first-order chi connectivity index (χ1) is 14.5. The van der Waals surface area contributed by atoms with Crippen molar-refractivity contribution < 1.29 is 9.59 Å². The molecule has 1 spiro atoms. The first-order valence-electron chi connectivity index (χ1n) is 11.6. The highest BCUT2D eigenvalue weighted by Gasteiger charge is 2.76. The van der Waals surface area contributed by atoms with Gasteiger partial charge in [-0.15, -0.1) is 0 Å². The van der Waals surface area contributed by atoms with Gasteiger partial charge in [-0.3, -0.25) is 14.5 Å². The van der Waals surface area contributed by atoms with Gasteiger partial charge in [0.05, 0.1) is 0 Å². The average molecular weight is 410 g/mol. The van der Waals surface area contributed by atoms with Gasteiger partial charge in [0, 0.05) is 45.2 Å². The Kier molecular flexibility index (Phi) is 4.14. The molecule has 6 rings (SSSR count). The summed E-state index contributed by atoms with van der Waals surface area (Å²) in [4.78, 5) is 33.2. The number of fused-ring (bicyclic) bond motifs is 1. The van der Waals surface area contributed by atoms with Crippen LogP contribution in [0.3, 0.4) is 0 Å². The van der Waals surface area contributed by atoms with Crippen molar-refractivity contribution in [1.82, 2.24) is 15.2 Å². The van der Waals surface area contributed by atoms with Crippen LogP contribution in [0.2, 0.25) is 0 Å². The Bertz CT molecular complexity index is 882. The molecule has 0 radical (unpaired) electrons. The number of rotatable bonds is 6. The first kappa shape index (κ1) is 18.6. The summed E-state index contributed by atoms with van der Waals surface area (Å²) in [5, 5.41) is 3.39. The molecule has 1 aliphatic heterocycles. The summed E-state index contributed by atoms with van der Waals surface area (Å²) in [6, 6.07) is 6.13. The molecule has 7 nitrogen and oxygen atoms in total. The second kappa shape index (κ2) is 6.67. The van der Waals surface area contributed by atoms with Crippen molar-refractivity contribution in [2.75, 3.05) is 37.6 Å². The molecule has 30 heavy (non-hydrogen) atoms. The van der Waals surface area contributed by atoms with E-state index in [0.717, 1.165) is 49.8 Å². The molecule has 6 atom stereocenters. The van der Waals surface area contributed by atoms with Gasteiger partial charge in [-0.1, -0.05) is 6.07 Å². The summed E-state index contributed by atoms with van der Waals surface area (Å²) in [6.45, 7) is 4.15. The van der Waals surface area contributed by atoms with Gasteiger partial charge < -0.3 is 16.0 Å². The van der Waals surface area contributed by atoms with Crippen LogP contribution in [-0.2, 0) is 4.79 Å². The van der Waals surface area contributed by atoms with Crippen molar-refractivity contribution in [3.8, 4) is 0 Å². The van der Waals surface area contributed by atoms with E-state index in [2.05, 4.69) is 15.1 Å². The van der Waals surface area contributed by atoms with Gasteiger partial charge >= 0.3 is 0 Å². The van der Waals surface area contributed by atoms with Gasteiger partial charge in [0.2, 0.25) is 5.91 Å². The molecule has 1 aromatic heterocycles. The second-order valence-corrected chi connectivity index (χ2v) is 10.2. The quantitative estimate of drug-likeness (QED) is 0.738. The highest BCUT2D eigenvalue weighted by molar-refractivity contribution is 5.93. The Morgan fingerprint density at radius 1 is 1.13 bits per heavy atom. The summed E-state index contributed by atoms with van der Waals surface area (Å²) in [6.07, 6.45) is 5.86. The Balaban J connectivity index is 1.08. The molecule has 6 unspecified atom stereocenters. The van der Waals surface area contributed by atoms with Crippen LogP contribution in [0.1, 0.15) is 42.6 Å². The molecule has 4 aliphatic carbocycles. The fraction of sp³-hybridized carbons (Fsp3) is 0.696. The first-order valence-corrected chi connectivity index (χ1v) is 11.6. The zero-order valence-corrected chi connectivity index (χ0v) is 17.4. The van der Waals surface area contributed by atoms with E-state index in [4.69, 9.17) is 10.7 Å². The number of primary amides is 1. The lowest BCUT2D eigenvalue weighted by atomic mass is 9.38. The van der Waals surface area contributed by atoms with E-state index in [1.807, 2.05) is 18.2 Å². The Labute approximate surface area is 177 Å². The monoisotopic (exact) mass is 409 g/mol. The third-order valence-corrected chi connectivity index (χ3v) is 9.10. The lowest BCUT2D eigenvalue weighted by Crippen LogP contribution is -2.65. The van der Waals surface area contributed by atoms with Crippen LogP contribution in [-0.4, -0.2) is 60.5 Å². The zero-order valence-electron chi connectivity index (χ0n) is 17.4. The highest BCUT2D eigenvalue weighted by Crippen LogP contribution is 2.81. The minimum absolute atomic E-state index is 0.00906. The smallest absolute Gasteiger partial charge is 0.270 e. The predicted molar refractivity (Wildman–Crippen MR) is 113 cm³/mol. The number of anilines is 1. The molecule has 5 fully saturated rings. The number of piperazine rings is 1. The minimum Gasteiger partial charge on any atom is -0.370 e. The van der Waals surface area contributed by atoms with Crippen LogP contribution < -0.4 is 16.0 Å². The number of nitrogens with zero attached hydrogens (tertiary/aromatic N) is 3. The number of carbonyl (C=O) groups is 2. The number of nitrogens with two attached hydrogens (primary N) is 1. The fourth-order valence-electron chi connectivity index (χ4n) is 7.67. The van der Waals surface area contributed by atoms with Crippen LogP contribution in [0, 0.1) is 29.1 Å². The van der Waals surface area contributed by atoms with E-state index in [1.165, 1.54) is 25.7 Å². The SMILES string of the molecule is NC(=O)CCN1CCN(c2cccc(C(=O)NC3C4CC5CC6CC3C56C4)n2)CC1. The zero-order chi connectivity index (χ0) is 20.5. The van der Waals surface area contributed by atoms with Gasteiger partial charge in [0.15, 0.2) is 0 Å². The van der Waals surface area contributed by atoms with Crippen molar-refractivity contribution in [3.05, 3.63) is 23.9 Å². The van der Waals surface area contributed by atoms with Crippen LogP contribution >= 0.6 is 0 Å². The maximum absolute atomic E-state index is 13.0. The second-order valence-electron chi connectivity index (χ2n) is 10.2. The Hall–Kier alpha value is -2.15. The van der Waals surface area contributed by atoms with Crippen molar-refractivity contribution in [2.45, 2.75) is 38.1 Å². The molecule has 7 heteroatoms. The Morgan fingerprint density at radius 2 is 1.93 bits per heavy atom. The molecule has 1 aromatic rings. The molecule has 5 aliphatic rings. The highest BCUT2D eigenvalue weighted by atomic mass is 16.2. The minimum atomic E-state index is -0.252. The number of carbonyl (C=O) groups excluding carboxylic acids is 2. The third-order valence-electron chi connectivity index (χ3n) is 9.10. The molecule has 2 amide bonds. The number of aromatic nitrogens is 1. The van der Waals surface area contributed by atoms with Crippen LogP contribution in [0.4, 0.5) is 5.82 Å². The predicted octanol–water partition coefficient (Wildman–Crippen LogP) is 1.24. The van der Waals surface area contributed by atoms with Crippen LogP contribution in [0.25, 0.3) is 0 Å². The summed E-state index contributed by atoms with van der Waals surface area (Å²) in [7, 11) is 0. The van der Waals surface area contributed by atoms with Crippen LogP contribution in [0.15, 0.2) is 18.2 Å². The van der Waals surface area contributed by atoms with Crippen molar-refractivity contribution in [3.63, 3.8) is 0 Å². The third kappa shape index (κ3) is 2.63. The fourth-order valence-corrected chi connectivity index (χ4v) is 7.67. The van der Waals surface area contributed by atoms with Crippen LogP contribution in [0.5, 0.6) is 0 Å². The maximum Gasteiger partial charge on any atom is 0.270 e. The van der Waals surface area contributed by atoms with E-state index in [9.17, 15) is 9.59 Å². The van der Waals surface area contributed by atoms with Gasteiger partial charge in [0.1, 0.15) is 11.5 Å². The summed E-state index contributed by atoms with van der Waals surface area (Å²) in [5.41, 5.74) is 6.41. The number of hydrogen-bond donors (Lipinski definition) is 2. The number of nitrogens with one attached hydrogen (secondary N) is 1. The molecular formula is C23H31N5O2. The normalized spacial score (nSPS) is 38.5. The molecule has 1 saturated heterocycles. The molecule has 0 aromatic carbocycles. The standard InChI is InChI=1S/C23H31N5O2/c24-19(29)4-5-27-6-8-28(9-7-27)20-3-1-2-18(25-20)22(30)26-21-14-10-15-11-16-12-17(21)23(15,16)13-14/h1-3,14-17,21H,4-13H2,(H2,24,29)(H,26,30). The molecule has 2 bridgehead atoms. The number of hydrogen-bond acceptors (Lipinski definition) is 5. The van der Waals surface area contributed by atoms with Crippen molar-refractivity contribution in [1.29, 1.82) is 0 Å². The molecule has 3 N–H and O–H groups in total. The molecular weight excluding hydrogens is 378 g/mol. The Morgan fingerprint density at radius 3 is 2.67 bits per heavy atom. The summed E-state index contributed by atoms with van der Waals surface area (Å²) >= 11 is 0. The van der Waals surface area contributed by atoms with Crippen molar-refractivity contribution in [2.24, 2.45) is 34.8 Å². The van der Waals surface area contributed by atoms with E-state index >= 15 is 0 Å². The summed E-state index contributed by atoms with van der Waals surface area (Å²) < 4.78 is 0. The van der Waals surface area contributed by atoms with Crippen molar-refractivity contribution >= 4 is 17.6 Å². The lowest BCUT2D eigenvalue weighted by Gasteiger charge is -2.67. The largest absolute Gasteiger partial charge is 0.370 e. The topological polar surface area (TPSA) is 91.6 Å².